The fourth-order valence-electron chi connectivity index (χ4n) is 3.74. The van der Waals surface area contributed by atoms with Crippen LogP contribution in [0.15, 0.2) is 94.6 Å². The Labute approximate surface area is 199 Å². The maximum Gasteiger partial charge on any atom is 0.260 e. The molecular weight excluding hydrogens is 444 g/mol. The second-order valence-electron chi connectivity index (χ2n) is 7.62. The highest BCUT2D eigenvalue weighted by atomic mass is 16.3. The van der Waals surface area contributed by atoms with Crippen molar-refractivity contribution in [3.63, 3.8) is 0 Å². The van der Waals surface area contributed by atoms with Gasteiger partial charge in [0.2, 0.25) is 0 Å². The summed E-state index contributed by atoms with van der Waals surface area (Å²) < 4.78 is 0. The van der Waals surface area contributed by atoms with Crippen molar-refractivity contribution < 1.29 is 9.90 Å². The molecule has 1 aliphatic heterocycles. The number of azo groups is 1. The Morgan fingerprint density at radius 1 is 1.11 bits per heavy atom. The third-order valence-electron chi connectivity index (χ3n) is 5.42. The number of hydrazone groups is 1. The van der Waals surface area contributed by atoms with Gasteiger partial charge in [0, 0.05) is 24.2 Å². The van der Waals surface area contributed by atoms with E-state index < -0.39 is 18.0 Å². The Hall–Kier alpha value is -5.17. The first-order valence-electron chi connectivity index (χ1n) is 10.7. The van der Waals surface area contributed by atoms with Crippen LogP contribution in [0.1, 0.15) is 10.4 Å². The summed E-state index contributed by atoms with van der Waals surface area (Å²) in [4.78, 5) is 21.2. The highest BCUT2D eigenvalue weighted by molar-refractivity contribution is 6.16. The summed E-state index contributed by atoms with van der Waals surface area (Å²) in [7, 11) is 0. The molecule has 1 aliphatic rings. The Balaban J connectivity index is 1.54. The zero-order valence-corrected chi connectivity index (χ0v) is 18.2. The number of hydrogen-bond acceptors (Lipinski definition) is 9. The number of phenolic OH excluding ortho intramolecular Hbond substituents is 1. The normalized spacial score (nSPS) is 17.1. The topological polar surface area (TPSA) is 139 Å². The second-order valence-corrected chi connectivity index (χ2v) is 7.62. The van der Waals surface area contributed by atoms with Crippen molar-refractivity contribution in [3.8, 4) is 11.8 Å². The van der Waals surface area contributed by atoms with Gasteiger partial charge in [-0.25, -0.2) is 15.0 Å². The molecule has 2 atom stereocenters. The van der Waals surface area contributed by atoms with Crippen molar-refractivity contribution in [2.45, 2.75) is 6.17 Å². The first-order chi connectivity index (χ1) is 17.2. The van der Waals surface area contributed by atoms with Gasteiger partial charge >= 0.3 is 0 Å². The van der Waals surface area contributed by atoms with Crippen LogP contribution in [0, 0.1) is 17.2 Å². The lowest BCUT2D eigenvalue weighted by Gasteiger charge is -2.19. The Bertz CT molecular complexity index is 1480. The highest BCUT2D eigenvalue weighted by Gasteiger charge is 2.33. The summed E-state index contributed by atoms with van der Waals surface area (Å²) >= 11 is 0. The lowest BCUT2D eigenvalue weighted by molar-refractivity contribution is 0.102. The molecule has 0 radical (unpaired) electrons. The predicted molar refractivity (Wildman–Crippen MR) is 130 cm³/mol. The number of carbonyl (C=O) groups is 1. The number of nitrogens with one attached hydrogen (secondary N) is 1. The summed E-state index contributed by atoms with van der Waals surface area (Å²) in [5.41, 5.74) is 0.759. The van der Waals surface area contributed by atoms with Crippen LogP contribution in [0.4, 0.5) is 17.2 Å². The average Bonchev–Trinajstić information content (AvgIpc) is 3.31. The molecule has 2 heterocycles. The number of phenols is 1. The minimum absolute atomic E-state index is 0.0769. The fraction of sp³-hybridized carbons (Fsp3) is 0.0800. The fourth-order valence-corrected chi connectivity index (χ4v) is 3.74. The Morgan fingerprint density at radius 3 is 2.69 bits per heavy atom. The van der Waals surface area contributed by atoms with E-state index in [1.165, 1.54) is 17.6 Å². The number of para-hydroxylation sites is 1. The molecule has 4 aromatic rings. The molecule has 0 saturated heterocycles. The summed E-state index contributed by atoms with van der Waals surface area (Å²) in [5.74, 6) is -1.04. The van der Waals surface area contributed by atoms with Gasteiger partial charge < -0.3 is 10.4 Å². The van der Waals surface area contributed by atoms with E-state index in [-0.39, 0.29) is 17.0 Å². The number of hydrogen-bond donors (Lipinski definition) is 2. The minimum atomic E-state index is -0.803. The average molecular weight is 462 g/mol. The van der Waals surface area contributed by atoms with E-state index >= 15 is 0 Å². The molecule has 2 unspecified atom stereocenters. The van der Waals surface area contributed by atoms with Crippen LogP contribution in [0.5, 0.6) is 5.75 Å². The number of benzene rings is 3. The van der Waals surface area contributed by atoms with Crippen LogP contribution in [0.25, 0.3) is 10.8 Å². The third kappa shape index (κ3) is 4.26. The number of nitrogens with zero attached hydrogens (tertiary/aromatic N) is 7. The van der Waals surface area contributed by atoms with Gasteiger partial charge in [0.15, 0.2) is 17.7 Å². The molecule has 0 saturated carbocycles. The van der Waals surface area contributed by atoms with Crippen LogP contribution < -0.4 is 10.3 Å². The summed E-state index contributed by atoms with van der Waals surface area (Å²) in [5, 5.41) is 38.9. The summed E-state index contributed by atoms with van der Waals surface area (Å²) in [6.07, 6.45) is 3.58. The van der Waals surface area contributed by atoms with E-state index in [9.17, 15) is 15.2 Å². The molecule has 2 N–H and O–H groups in total. The van der Waals surface area contributed by atoms with Crippen molar-refractivity contribution in [2.24, 2.45) is 21.2 Å². The number of fused-ring (bicyclic) bond motifs is 1. The molecule has 1 aromatic heterocycles. The smallest absolute Gasteiger partial charge is 0.260 e. The predicted octanol–water partition coefficient (Wildman–Crippen LogP) is 4.64. The van der Waals surface area contributed by atoms with E-state index in [4.69, 9.17) is 0 Å². The van der Waals surface area contributed by atoms with Gasteiger partial charge in [-0.2, -0.15) is 15.5 Å². The molecule has 5 rings (SSSR count). The van der Waals surface area contributed by atoms with Gasteiger partial charge in [0.05, 0.1) is 11.6 Å². The van der Waals surface area contributed by atoms with E-state index in [0.29, 0.717) is 22.3 Å². The van der Waals surface area contributed by atoms with E-state index in [1.807, 2.05) is 18.2 Å². The van der Waals surface area contributed by atoms with Crippen molar-refractivity contribution in [1.82, 2.24) is 9.97 Å². The standard InChI is InChI=1S/C25H18N8O2/c26-13-17-14-29-33(21-10-11-27-15-28-21)24(17)32-31-20-12-16-6-4-5-9-19(16)22(23(20)34)25(35)30-18-7-2-1-3-8-18/h1-12,14-15,17,24,34H,(H,30,35)/b32-31+. The third-order valence-corrected chi connectivity index (χ3v) is 5.42. The molecule has 10 nitrogen and oxygen atoms in total. The van der Waals surface area contributed by atoms with E-state index in [0.717, 1.165) is 0 Å². The number of carbonyl (C=O) groups excluding carboxylic acids is 1. The lowest BCUT2D eigenvalue weighted by atomic mass is 10.0. The Morgan fingerprint density at radius 2 is 1.91 bits per heavy atom. The zero-order chi connectivity index (χ0) is 24.2. The molecule has 170 valence electrons. The van der Waals surface area contributed by atoms with Crippen LogP contribution in [0.3, 0.4) is 0 Å². The van der Waals surface area contributed by atoms with E-state index in [1.54, 1.807) is 54.7 Å². The molecule has 35 heavy (non-hydrogen) atoms. The number of rotatable bonds is 5. The summed E-state index contributed by atoms with van der Waals surface area (Å²) in [6.45, 7) is 0. The second kappa shape index (κ2) is 9.36. The summed E-state index contributed by atoms with van der Waals surface area (Å²) in [6, 6.07) is 21.6. The van der Waals surface area contributed by atoms with Gasteiger partial charge in [0.25, 0.3) is 5.91 Å². The number of amides is 1. The molecule has 0 fully saturated rings. The van der Waals surface area contributed by atoms with Gasteiger partial charge in [-0.15, -0.1) is 5.11 Å². The molecule has 0 bridgehead atoms. The first-order valence-corrected chi connectivity index (χ1v) is 10.7. The van der Waals surface area contributed by atoms with E-state index in [2.05, 4.69) is 36.7 Å². The Kier molecular flexibility index (Phi) is 5.80. The largest absolute Gasteiger partial charge is 0.505 e. The van der Waals surface area contributed by atoms with Gasteiger partial charge in [-0.3, -0.25) is 4.79 Å². The lowest BCUT2D eigenvalue weighted by Crippen LogP contribution is -2.30. The quantitative estimate of drug-likeness (QED) is 0.414. The number of nitriles is 1. The van der Waals surface area contributed by atoms with Crippen molar-refractivity contribution in [3.05, 3.63) is 84.8 Å². The van der Waals surface area contributed by atoms with Crippen molar-refractivity contribution in [1.29, 1.82) is 5.26 Å². The molecule has 3 aromatic carbocycles. The highest BCUT2D eigenvalue weighted by Crippen LogP contribution is 2.38. The number of aromatic hydroxyl groups is 1. The molecule has 0 aliphatic carbocycles. The first kappa shape index (κ1) is 21.7. The number of aromatic nitrogens is 2. The van der Waals surface area contributed by atoms with Crippen molar-refractivity contribution >= 4 is 40.1 Å². The molecule has 0 spiro atoms. The molecular formula is C25H18N8O2. The molecule has 1 amide bonds. The maximum atomic E-state index is 13.2. The van der Waals surface area contributed by atoms with Crippen LogP contribution in [-0.4, -0.2) is 33.4 Å². The number of anilines is 2. The maximum absolute atomic E-state index is 13.2. The van der Waals surface area contributed by atoms with Gasteiger partial charge in [-0.05, 0) is 29.0 Å². The monoisotopic (exact) mass is 462 g/mol. The van der Waals surface area contributed by atoms with Crippen molar-refractivity contribution in [2.75, 3.05) is 10.3 Å². The van der Waals surface area contributed by atoms with Crippen LogP contribution >= 0.6 is 0 Å². The van der Waals surface area contributed by atoms with Gasteiger partial charge in [0.1, 0.15) is 17.9 Å². The SMILES string of the molecule is N#CC1C=NN(c2ccncn2)C1/N=N/c1cc2ccccc2c(C(=O)Nc2ccccc2)c1O. The van der Waals surface area contributed by atoms with Crippen LogP contribution in [0.2, 0.25) is 0 Å². The molecule has 10 heteroatoms. The zero-order valence-electron chi connectivity index (χ0n) is 18.2. The van der Waals surface area contributed by atoms with Gasteiger partial charge in [-0.1, -0.05) is 42.5 Å². The minimum Gasteiger partial charge on any atom is -0.505 e. The van der Waals surface area contributed by atoms with Crippen LogP contribution in [-0.2, 0) is 0 Å².